The molecule has 0 aliphatic heterocycles. The molecule has 1 aromatic carbocycles. The number of rotatable bonds is 3. The van der Waals surface area contributed by atoms with Crippen LogP contribution in [0.5, 0.6) is 5.75 Å². The maximum atomic E-state index is 11.5. The predicted octanol–water partition coefficient (Wildman–Crippen LogP) is 1.84. The highest BCUT2D eigenvalue weighted by molar-refractivity contribution is 5.30. The summed E-state index contributed by atoms with van der Waals surface area (Å²) in [6.07, 6.45) is 0. The van der Waals surface area contributed by atoms with Gasteiger partial charge in [-0.1, -0.05) is 18.2 Å². The fourth-order valence-corrected chi connectivity index (χ4v) is 0.781. The normalized spacial score (nSPS) is 9.91. The summed E-state index contributed by atoms with van der Waals surface area (Å²) in [5.41, 5.74) is 0.602. The Bertz CT molecular complexity index is 225. The third kappa shape index (κ3) is 2.20. The maximum absolute atomic E-state index is 11.5. The number of hydrogen-bond donors (Lipinski definition) is 1. The van der Waals surface area contributed by atoms with Gasteiger partial charge in [0.25, 0.3) is 0 Å². The Morgan fingerprint density at radius 1 is 1.36 bits per heavy atom. The number of halogens is 1. The van der Waals surface area contributed by atoms with Crippen molar-refractivity contribution in [1.82, 2.24) is 0 Å². The quantitative estimate of drug-likeness (QED) is 0.723. The van der Waals surface area contributed by atoms with Gasteiger partial charge in [-0.25, -0.2) is 4.39 Å². The number of aromatic hydroxyl groups is 1. The van der Waals surface area contributed by atoms with Crippen LogP contribution in [0, 0.1) is 0 Å². The first-order chi connectivity index (χ1) is 5.34. The Morgan fingerprint density at radius 3 is 2.73 bits per heavy atom. The first-order valence-corrected chi connectivity index (χ1v) is 3.25. The summed E-state index contributed by atoms with van der Waals surface area (Å²) in [7, 11) is 0. The molecule has 0 heterocycles. The first kappa shape index (κ1) is 8.01. The van der Waals surface area contributed by atoms with Crippen LogP contribution in [0.3, 0.4) is 0 Å². The molecular formula is C8H9FO2. The second-order valence-corrected chi connectivity index (χ2v) is 2.09. The summed E-state index contributed by atoms with van der Waals surface area (Å²) in [5.74, 6) is 0.140. The highest BCUT2D eigenvalue weighted by Crippen LogP contribution is 2.15. The number of benzene rings is 1. The van der Waals surface area contributed by atoms with E-state index in [0.717, 1.165) is 0 Å². The van der Waals surface area contributed by atoms with Crippen LogP contribution in [0.4, 0.5) is 4.39 Å². The molecule has 0 atom stereocenters. The van der Waals surface area contributed by atoms with Gasteiger partial charge >= 0.3 is 0 Å². The standard InChI is InChI=1S/C8H9FO2/c9-6-11-5-7-3-1-2-4-8(7)10/h1-4,10H,5-6H2. The van der Waals surface area contributed by atoms with E-state index < -0.39 is 6.86 Å². The van der Waals surface area contributed by atoms with Crippen molar-refractivity contribution in [2.45, 2.75) is 6.61 Å². The molecule has 3 heteroatoms. The minimum Gasteiger partial charge on any atom is -0.508 e. The monoisotopic (exact) mass is 156 g/mol. The van der Waals surface area contributed by atoms with Crippen LogP contribution >= 0.6 is 0 Å². The summed E-state index contributed by atoms with van der Waals surface area (Å²) in [6, 6.07) is 6.69. The van der Waals surface area contributed by atoms with Crippen molar-refractivity contribution in [1.29, 1.82) is 0 Å². The van der Waals surface area contributed by atoms with Crippen LogP contribution in [-0.2, 0) is 11.3 Å². The largest absolute Gasteiger partial charge is 0.508 e. The third-order valence-electron chi connectivity index (χ3n) is 1.33. The molecule has 0 amide bonds. The molecule has 0 saturated carbocycles. The SMILES string of the molecule is Oc1ccccc1COCF. The molecular weight excluding hydrogens is 147 g/mol. The number of ether oxygens (including phenoxy) is 1. The van der Waals surface area contributed by atoms with Gasteiger partial charge in [0.15, 0.2) is 6.86 Å². The van der Waals surface area contributed by atoms with Gasteiger partial charge in [0.05, 0.1) is 6.61 Å². The molecule has 1 N–H and O–H groups in total. The Hall–Kier alpha value is -1.09. The molecule has 0 saturated heterocycles. The van der Waals surface area contributed by atoms with Gasteiger partial charge in [-0.15, -0.1) is 0 Å². The third-order valence-corrected chi connectivity index (χ3v) is 1.33. The molecule has 0 spiro atoms. The van der Waals surface area contributed by atoms with Crippen molar-refractivity contribution in [2.24, 2.45) is 0 Å². The van der Waals surface area contributed by atoms with Crippen molar-refractivity contribution in [3.05, 3.63) is 29.8 Å². The molecule has 0 aliphatic carbocycles. The zero-order chi connectivity index (χ0) is 8.10. The topological polar surface area (TPSA) is 29.5 Å². The average molecular weight is 156 g/mol. The lowest BCUT2D eigenvalue weighted by Crippen LogP contribution is -1.90. The lowest BCUT2D eigenvalue weighted by Gasteiger charge is -2.01. The van der Waals surface area contributed by atoms with Gasteiger partial charge in [-0.3, -0.25) is 0 Å². The van der Waals surface area contributed by atoms with Crippen molar-refractivity contribution in [2.75, 3.05) is 6.86 Å². The van der Waals surface area contributed by atoms with Crippen LogP contribution in [0.25, 0.3) is 0 Å². The van der Waals surface area contributed by atoms with E-state index in [1.807, 2.05) is 0 Å². The van der Waals surface area contributed by atoms with Crippen molar-refractivity contribution in [3.63, 3.8) is 0 Å². The Kier molecular flexibility index (Phi) is 2.86. The number of hydrogen-bond acceptors (Lipinski definition) is 2. The van der Waals surface area contributed by atoms with Crippen molar-refractivity contribution < 1.29 is 14.2 Å². The van der Waals surface area contributed by atoms with Gasteiger partial charge in [0, 0.05) is 5.56 Å². The van der Waals surface area contributed by atoms with Gasteiger partial charge in [0.1, 0.15) is 5.75 Å². The highest BCUT2D eigenvalue weighted by Gasteiger charge is 1.97. The second kappa shape index (κ2) is 3.93. The maximum Gasteiger partial charge on any atom is 0.188 e. The molecule has 60 valence electrons. The van der Waals surface area contributed by atoms with E-state index in [4.69, 9.17) is 5.11 Å². The molecule has 0 fully saturated rings. The fourth-order valence-electron chi connectivity index (χ4n) is 0.781. The van der Waals surface area contributed by atoms with Crippen LogP contribution in [0.15, 0.2) is 24.3 Å². The molecule has 0 aliphatic rings. The number of phenolic OH excluding ortho intramolecular Hbond substituents is 1. The molecule has 0 aromatic heterocycles. The minimum absolute atomic E-state index is 0.114. The molecule has 0 radical (unpaired) electrons. The van der Waals surface area contributed by atoms with Crippen LogP contribution in [0.1, 0.15) is 5.56 Å². The molecule has 2 nitrogen and oxygen atoms in total. The summed E-state index contributed by atoms with van der Waals surface area (Å²) < 4.78 is 16.0. The molecule has 1 aromatic rings. The van der Waals surface area contributed by atoms with Gasteiger partial charge in [-0.2, -0.15) is 0 Å². The van der Waals surface area contributed by atoms with Crippen molar-refractivity contribution >= 4 is 0 Å². The van der Waals surface area contributed by atoms with E-state index in [2.05, 4.69) is 4.74 Å². The molecule has 0 bridgehead atoms. The fraction of sp³-hybridized carbons (Fsp3) is 0.250. The lowest BCUT2D eigenvalue weighted by atomic mass is 10.2. The van der Waals surface area contributed by atoms with Crippen LogP contribution in [-0.4, -0.2) is 12.0 Å². The summed E-state index contributed by atoms with van der Waals surface area (Å²) in [4.78, 5) is 0. The Labute approximate surface area is 64.2 Å². The molecule has 11 heavy (non-hydrogen) atoms. The summed E-state index contributed by atoms with van der Waals surface area (Å²) >= 11 is 0. The van der Waals surface area contributed by atoms with E-state index in [0.29, 0.717) is 5.56 Å². The van der Waals surface area contributed by atoms with Gasteiger partial charge in [-0.05, 0) is 6.07 Å². The number of para-hydroxylation sites is 1. The van der Waals surface area contributed by atoms with E-state index in [1.54, 1.807) is 18.2 Å². The predicted molar refractivity (Wildman–Crippen MR) is 38.9 cm³/mol. The van der Waals surface area contributed by atoms with Crippen LogP contribution in [0.2, 0.25) is 0 Å². The van der Waals surface area contributed by atoms with E-state index in [-0.39, 0.29) is 12.4 Å². The smallest absolute Gasteiger partial charge is 0.188 e. The number of alkyl halides is 1. The van der Waals surface area contributed by atoms with Gasteiger partial charge in [0.2, 0.25) is 0 Å². The summed E-state index contributed by atoms with van der Waals surface area (Å²) in [6.45, 7) is -0.711. The van der Waals surface area contributed by atoms with E-state index >= 15 is 0 Å². The molecule has 0 unspecified atom stereocenters. The second-order valence-electron chi connectivity index (χ2n) is 2.09. The zero-order valence-corrected chi connectivity index (χ0v) is 5.96. The van der Waals surface area contributed by atoms with E-state index in [1.165, 1.54) is 6.07 Å². The highest BCUT2D eigenvalue weighted by atomic mass is 19.1. The average Bonchev–Trinajstić information content (AvgIpc) is 2.03. The Balaban J connectivity index is 2.62. The van der Waals surface area contributed by atoms with Crippen LogP contribution < -0.4 is 0 Å². The minimum atomic E-state index is -0.825. The first-order valence-electron chi connectivity index (χ1n) is 3.25. The lowest BCUT2D eigenvalue weighted by molar-refractivity contribution is 0.0453. The van der Waals surface area contributed by atoms with Gasteiger partial charge < -0.3 is 9.84 Å². The number of phenols is 1. The zero-order valence-electron chi connectivity index (χ0n) is 5.96. The molecule has 1 rings (SSSR count). The summed E-state index contributed by atoms with van der Waals surface area (Å²) in [5, 5.41) is 9.13. The van der Waals surface area contributed by atoms with E-state index in [9.17, 15) is 4.39 Å². The van der Waals surface area contributed by atoms with Crippen molar-refractivity contribution in [3.8, 4) is 5.75 Å². The Morgan fingerprint density at radius 2 is 2.09 bits per heavy atom.